The quantitative estimate of drug-likeness (QED) is 0.0265. The number of ether oxygens (including phenoxy) is 8. The first kappa shape index (κ1) is 80.3. The monoisotopic (exact) mass is 1490 g/mol. The van der Waals surface area contributed by atoms with Crippen molar-refractivity contribution in [3.05, 3.63) is 173 Å². The molecule has 29 heteroatoms. The van der Waals surface area contributed by atoms with E-state index in [4.69, 9.17) is 42.3 Å². The summed E-state index contributed by atoms with van der Waals surface area (Å²) < 4.78 is 80.9. The zero-order chi connectivity index (χ0) is 76.9. The average molecular weight is 1490 g/mol. The summed E-state index contributed by atoms with van der Waals surface area (Å²) in [4.78, 5) is 109. The molecule has 2 aliphatic carbocycles. The van der Waals surface area contributed by atoms with Gasteiger partial charge in [0.2, 0.25) is 23.6 Å². The van der Waals surface area contributed by atoms with Gasteiger partial charge in [-0.05, 0) is 147 Å². The van der Waals surface area contributed by atoms with Crippen LogP contribution in [0.1, 0.15) is 141 Å². The fraction of sp³-hybridized carbons (Fsp3) is 0.468. The maximum atomic E-state index is 15.1. The van der Waals surface area contributed by atoms with E-state index in [1.807, 2.05) is 87.5 Å². The number of carbonyl (C=O) groups is 7. The second-order valence-corrected chi connectivity index (χ2v) is 28.7. The van der Waals surface area contributed by atoms with Gasteiger partial charge in [-0.3, -0.25) is 33.8 Å². The number of oxazole rings is 1. The zero-order valence-corrected chi connectivity index (χ0v) is 62.4. The number of nitrogens with zero attached hydrogens (tertiary/aromatic N) is 7. The summed E-state index contributed by atoms with van der Waals surface area (Å²) in [5.41, 5.74) is 3.09. The molecule has 1 saturated carbocycles. The van der Waals surface area contributed by atoms with Crippen LogP contribution in [0.4, 0.5) is 29.9 Å². The third kappa shape index (κ3) is 22.9. The molecule has 4 heterocycles. The molecule has 0 saturated heterocycles. The van der Waals surface area contributed by atoms with Gasteiger partial charge < -0.3 is 68.5 Å². The summed E-state index contributed by atoms with van der Waals surface area (Å²) in [6.45, 7) is 16.5. The fourth-order valence-corrected chi connectivity index (χ4v) is 12.1. The lowest BCUT2D eigenvalue weighted by Gasteiger charge is -2.42. The van der Waals surface area contributed by atoms with Gasteiger partial charge in [-0.1, -0.05) is 81.4 Å². The smallest absolute Gasteiger partial charge is 0.416 e. The predicted molar refractivity (Wildman–Crippen MR) is 394 cm³/mol. The Morgan fingerprint density at radius 3 is 2.06 bits per heavy atom. The van der Waals surface area contributed by atoms with Crippen LogP contribution in [0.3, 0.4) is 0 Å². The molecule has 3 aliphatic rings. The Kier molecular flexibility index (Phi) is 28.3. The lowest BCUT2D eigenvalue weighted by molar-refractivity contribution is -0.147. The summed E-state index contributed by atoms with van der Waals surface area (Å²) in [5, 5.41) is 15.5. The molecule has 0 bridgehead atoms. The van der Waals surface area contributed by atoms with Gasteiger partial charge in [0.25, 0.3) is 18.2 Å². The van der Waals surface area contributed by atoms with E-state index in [1.54, 1.807) is 44.7 Å². The van der Waals surface area contributed by atoms with Gasteiger partial charge >= 0.3 is 12.2 Å². The number of carbonyl (C=O) groups excluding carboxylic acids is 7. The highest BCUT2D eigenvalue weighted by Crippen LogP contribution is 2.36. The highest BCUT2D eigenvalue weighted by molar-refractivity contribution is 6.03. The van der Waals surface area contributed by atoms with Crippen molar-refractivity contribution in [2.75, 3.05) is 103 Å². The van der Waals surface area contributed by atoms with Crippen LogP contribution in [0, 0.1) is 11.3 Å². The molecule has 0 radical (unpaired) electrons. The van der Waals surface area contributed by atoms with Crippen molar-refractivity contribution >= 4 is 53.2 Å². The molecule has 1 aliphatic heterocycles. The van der Waals surface area contributed by atoms with Crippen LogP contribution in [0.25, 0.3) is 17.1 Å². The molecular weight excluding hydrogens is 1400 g/mol. The van der Waals surface area contributed by atoms with Crippen LogP contribution in [0.5, 0.6) is 5.75 Å². The molecule has 27 nitrogen and oxygen atoms in total. The number of hydrogen-bond acceptors (Lipinski definition) is 19. The maximum Gasteiger partial charge on any atom is 0.416 e. The Morgan fingerprint density at radius 1 is 0.722 bits per heavy atom. The third-order valence-corrected chi connectivity index (χ3v) is 18.3. The number of anilines is 2. The van der Waals surface area contributed by atoms with E-state index in [1.165, 1.54) is 59.1 Å². The minimum atomic E-state index is -3.05. The van der Waals surface area contributed by atoms with E-state index in [0.717, 1.165) is 65.3 Å². The number of amides is 7. The van der Waals surface area contributed by atoms with Crippen LogP contribution in [0.15, 0.2) is 132 Å². The minimum Gasteiger partial charge on any atom is -0.491 e. The Hall–Kier alpha value is -10.2. The number of likely N-dealkylation sites (N-methyl/N-ethyl adjacent to an activating group) is 1. The van der Waals surface area contributed by atoms with Gasteiger partial charge in [-0.2, -0.15) is 5.10 Å². The van der Waals surface area contributed by atoms with Crippen molar-refractivity contribution < 1.29 is 84.7 Å². The van der Waals surface area contributed by atoms with Crippen molar-refractivity contribution in [1.82, 2.24) is 45.5 Å². The topological polar surface area (TPSA) is 308 Å². The number of pyridine rings is 1. The fourth-order valence-electron chi connectivity index (χ4n) is 12.1. The number of nitrogens with one attached hydrogen (secondary N) is 4. The first-order valence-electron chi connectivity index (χ1n) is 36.4. The van der Waals surface area contributed by atoms with Gasteiger partial charge in [0, 0.05) is 50.4 Å². The first-order chi connectivity index (χ1) is 51.9. The SMILES string of the molecule is C[C@@H](C(=O)N[C@H](C(=O)N1Cc2cc(OCCOCCOCCOCCOCCOCCNC(=O)c3ccc(-n4cc(NC(=O)c5coc(-c6ccnc(N(CC7CC7)C(=O)OC(C)(C)C)c6)n5)c(C(F)F)n4)cc3)ccc2C[C@H]1C(=O)N[C@@H]1CCCc2ccccc21)C(C)(C)C)N(C)C(=O)OCc1ccccc1. The summed E-state index contributed by atoms with van der Waals surface area (Å²) in [6, 6.07) is 29.0. The van der Waals surface area contributed by atoms with Gasteiger partial charge in [0.1, 0.15) is 54.8 Å². The van der Waals surface area contributed by atoms with E-state index in [2.05, 4.69) is 42.4 Å². The maximum absolute atomic E-state index is 15.1. The molecule has 10 rings (SSSR count). The summed E-state index contributed by atoms with van der Waals surface area (Å²) in [7, 11) is 1.47. The number of rotatable bonds is 36. The molecule has 4 aromatic carbocycles. The number of alkyl halides is 2. The van der Waals surface area contributed by atoms with Gasteiger partial charge in [-0.15, -0.1) is 0 Å². The highest BCUT2D eigenvalue weighted by Gasteiger charge is 2.44. The number of hydrogen-bond donors (Lipinski definition) is 4. The normalized spacial score (nSPS) is 15.4. The Morgan fingerprint density at radius 2 is 1.39 bits per heavy atom. The van der Waals surface area contributed by atoms with Crippen molar-refractivity contribution in [1.29, 1.82) is 0 Å². The molecule has 108 heavy (non-hydrogen) atoms. The molecule has 3 aromatic heterocycles. The number of benzene rings is 4. The first-order valence-corrected chi connectivity index (χ1v) is 36.4. The molecule has 0 unspecified atom stereocenters. The Balaban J connectivity index is 0.586. The van der Waals surface area contributed by atoms with Crippen molar-refractivity contribution in [3.63, 3.8) is 0 Å². The zero-order valence-electron chi connectivity index (χ0n) is 62.4. The van der Waals surface area contributed by atoms with E-state index in [0.29, 0.717) is 87.1 Å². The molecule has 7 amide bonds. The van der Waals surface area contributed by atoms with E-state index in [9.17, 15) is 37.5 Å². The molecule has 7 aromatic rings. The second kappa shape index (κ2) is 38.1. The summed E-state index contributed by atoms with van der Waals surface area (Å²) >= 11 is 0. The second-order valence-electron chi connectivity index (χ2n) is 28.7. The standard InChI is InChI=1S/C79H97F2N11O16/c1-51(89(8)76(98)107-49-53-15-10-9-11-16-53)70(93)87-68(78(2,3)4)75(97)90-47-58-43-60(28-25-56(58)44-65(90)73(96)84-62-20-14-18-54-17-12-13-19-61(54)62)105-42-41-104-40-39-103-38-37-102-36-35-101-34-33-100-32-31-83-71(94)55-23-26-59(27-24-55)92-48-63(67(88-92)69(80)81)85-72(95)64-50-106-74(86-64)57-29-30-82-66(45-57)91(46-52-21-22-52)77(99)108-79(5,6)7/h9-13,15-17,19,23-30,43,45,48,50-52,62,65,68-69H,14,18,20-22,31-42,44,46-47,49H2,1-8H3,(H,83,94)(H,84,96)(H,85,95)(H,87,93)/t51-,62+,65-,68+/m0/s1. The van der Waals surface area contributed by atoms with Crippen LogP contribution in [-0.2, 0) is 73.5 Å². The number of aromatic nitrogens is 4. The third-order valence-electron chi connectivity index (χ3n) is 18.3. The summed E-state index contributed by atoms with van der Waals surface area (Å²) in [6.07, 6.45) is 4.27. The predicted octanol–water partition coefficient (Wildman–Crippen LogP) is 10.8. The number of fused-ring (bicyclic) bond motifs is 2. The largest absolute Gasteiger partial charge is 0.491 e. The van der Waals surface area contributed by atoms with Crippen molar-refractivity contribution in [2.24, 2.45) is 11.3 Å². The van der Waals surface area contributed by atoms with Crippen LogP contribution in [-0.4, -0.2) is 188 Å². The Bertz CT molecular complexity index is 4180. The molecule has 1 fully saturated rings. The Labute approximate surface area is 627 Å². The van der Waals surface area contributed by atoms with Crippen molar-refractivity contribution in [2.45, 2.75) is 136 Å². The number of aryl methyl sites for hydroxylation is 1. The minimum absolute atomic E-state index is 0.0244. The molecule has 0 spiro atoms. The molecule has 4 atom stereocenters. The molecule has 4 N–H and O–H groups in total. The van der Waals surface area contributed by atoms with Crippen LogP contribution >= 0.6 is 0 Å². The van der Waals surface area contributed by atoms with E-state index in [-0.39, 0.29) is 87.7 Å². The molecular formula is C79H97F2N11O16. The number of halogens is 2. The van der Waals surface area contributed by atoms with Crippen LogP contribution in [0.2, 0.25) is 0 Å². The van der Waals surface area contributed by atoms with Crippen molar-refractivity contribution in [3.8, 4) is 22.9 Å². The average Bonchev–Trinajstić information content (AvgIpc) is 0.979. The van der Waals surface area contributed by atoms with Gasteiger partial charge in [-0.25, -0.2) is 33.0 Å². The van der Waals surface area contributed by atoms with E-state index >= 15 is 4.79 Å². The molecule has 578 valence electrons. The van der Waals surface area contributed by atoms with Crippen LogP contribution < -0.4 is 30.9 Å². The lowest BCUT2D eigenvalue weighted by Crippen LogP contribution is -2.62. The van der Waals surface area contributed by atoms with E-state index < -0.39 is 71.2 Å². The summed E-state index contributed by atoms with van der Waals surface area (Å²) in [5.74, 6) is -1.28. The van der Waals surface area contributed by atoms with Gasteiger partial charge in [0.05, 0.1) is 89.7 Å². The van der Waals surface area contributed by atoms with Gasteiger partial charge in [0.15, 0.2) is 11.4 Å². The lowest BCUT2D eigenvalue weighted by atomic mass is 9.83. The highest BCUT2D eigenvalue weighted by atomic mass is 19.3.